The van der Waals surface area contributed by atoms with Crippen LogP contribution in [0.15, 0.2) is 24.3 Å². The van der Waals surface area contributed by atoms with Crippen LogP contribution >= 0.6 is 15.6 Å². The van der Waals surface area contributed by atoms with Crippen LogP contribution in [0, 0.1) is 11.8 Å². The van der Waals surface area contributed by atoms with Crippen LogP contribution in [0.2, 0.25) is 0 Å². The molecule has 0 aromatic rings. The van der Waals surface area contributed by atoms with Crippen LogP contribution in [0.5, 0.6) is 0 Å². The number of unbranched alkanes of at least 4 members (excludes halogenated alkanes) is 43. The highest BCUT2D eigenvalue weighted by Gasteiger charge is 2.30. The number of phosphoric ester groups is 2. The van der Waals surface area contributed by atoms with Gasteiger partial charge in [0.05, 0.1) is 26.4 Å². The molecule has 0 rings (SSSR count). The van der Waals surface area contributed by atoms with Gasteiger partial charge in [-0.2, -0.15) is 0 Å². The largest absolute Gasteiger partial charge is 0.472 e. The molecule has 0 spiro atoms. The standard InChI is InChI=1S/C79H150O17P2/c1-7-9-11-13-15-17-18-19-20-28-33-39-45-51-57-63-78(83)95-74(67-89-76(81)61-55-49-43-35-16-14-12-10-8-2)69-93-97(85,86)91-65-73(80)66-92-98(87,88)94-70-75(96-79(84)64-58-52-46-40-34-29-24-22-26-31-37-42-48-54-60-72(5)6)68-90-77(82)62-56-50-44-38-32-27-23-21-25-30-36-41-47-53-59-71(3)4/h17-20,71-75,80H,7-16,21-70H2,1-6H3,(H,85,86)(H,87,88)/b18-17-,20-19-/t73-,74+,75+/m0/s1. The fourth-order valence-electron chi connectivity index (χ4n) is 11.6. The summed E-state index contributed by atoms with van der Waals surface area (Å²) in [6, 6.07) is 0. The Morgan fingerprint density at radius 2 is 0.551 bits per heavy atom. The van der Waals surface area contributed by atoms with Gasteiger partial charge in [0.15, 0.2) is 12.2 Å². The third-order valence-electron chi connectivity index (χ3n) is 17.8. The Labute approximate surface area is 599 Å². The van der Waals surface area contributed by atoms with E-state index >= 15 is 0 Å². The first-order valence-corrected chi connectivity index (χ1v) is 43.3. The van der Waals surface area contributed by atoms with Crippen molar-refractivity contribution in [1.29, 1.82) is 0 Å². The molecular weight excluding hydrogens is 1280 g/mol. The normalized spacial score (nSPS) is 14.1. The molecule has 0 amide bonds. The number of aliphatic hydroxyl groups is 1. The summed E-state index contributed by atoms with van der Waals surface area (Å²) < 4.78 is 68.6. The summed E-state index contributed by atoms with van der Waals surface area (Å²) in [5.74, 6) is -0.551. The molecule has 0 saturated carbocycles. The first-order valence-electron chi connectivity index (χ1n) is 40.3. The number of carbonyl (C=O) groups excluding carboxylic acids is 4. The van der Waals surface area contributed by atoms with Crippen molar-refractivity contribution in [1.82, 2.24) is 0 Å². The van der Waals surface area contributed by atoms with Gasteiger partial charge in [0, 0.05) is 25.7 Å². The van der Waals surface area contributed by atoms with Gasteiger partial charge in [-0.3, -0.25) is 37.3 Å². The Bertz CT molecular complexity index is 1980. The fraction of sp³-hybridized carbons (Fsp3) is 0.899. The molecule has 578 valence electrons. The Morgan fingerprint density at radius 1 is 0.316 bits per heavy atom. The quantitative estimate of drug-likeness (QED) is 0.0169. The monoisotopic (exact) mass is 1430 g/mol. The fourth-order valence-corrected chi connectivity index (χ4v) is 13.2. The maximum absolute atomic E-state index is 13.1. The lowest BCUT2D eigenvalue weighted by Gasteiger charge is -2.21. The zero-order chi connectivity index (χ0) is 72.1. The second kappa shape index (κ2) is 70.2. The van der Waals surface area contributed by atoms with E-state index in [1.807, 2.05) is 0 Å². The van der Waals surface area contributed by atoms with Gasteiger partial charge in [-0.1, -0.05) is 336 Å². The molecule has 17 nitrogen and oxygen atoms in total. The highest BCUT2D eigenvalue weighted by molar-refractivity contribution is 7.47. The van der Waals surface area contributed by atoms with Gasteiger partial charge in [0.2, 0.25) is 0 Å². The minimum absolute atomic E-state index is 0.0851. The molecule has 0 aliphatic heterocycles. The van der Waals surface area contributed by atoms with Crippen molar-refractivity contribution in [2.24, 2.45) is 11.8 Å². The molecule has 3 N–H and O–H groups in total. The van der Waals surface area contributed by atoms with Crippen molar-refractivity contribution < 1.29 is 80.2 Å². The number of ether oxygens (including phenoxy) is 4. The third kappa shape index (κ3) is 71.9. The zero-order valence-corrected chi connectivity index (χ0v) is 65.4. The number of hydrogen-bond acceptors (Lipinski definition) is 15. The molecule has 19 heteroatoms. The second-order valence-corrected chi connectivity index (χ2v) is 31.6. The maximum Gasteiger partial charge on any atom is 0.472 e. The topological polar surface area (TPSA) is 237 Å². The summed E-state index contributed by atoms with van der Waals surface area (Å²) >= 11 is 0. The molecule has 0 bridgehead atoms. The maximum atomic E-state index is 13.1. The van der Waals surface area contributed by atoms with E-state index in [9.17, 15) is 43.2 Å². The van der Waals surface area contributed by atoms with E-state index < -0.39 is 97.5 Å². The van der Waals surface area contributed by atoms with E-state index in [0.29, 0.717) is 25.7 Å². The predicted molar refractivity (Wildman–Crippen MR) is 400 cm³/mol. The minimum atomic E-state index is -4.96. The molecular formula is C79H150O17P2. The molecule has 0 aromatic carbocycles. The second-order valence-electron chi connectivity index (χ2n) is 28.7. The van der Waals surface area contributed by atoms with Crippen LogP contribution in [-0.4, -0.2) is 96.7 Å². The minimum Gasteiger partial charge on any atom is -0.462 e. The highest BCUT2D eigenvalue weighted by atomic mass is 31.2. The van der Waals surface area contributed by atoms with Crippen LogP contribution in [-0.2, 0) is 65.4 Å². The SMILES string of the molecule is CCCCCC/C=C\C=C/CCCCCCCC(=O)O[C@H](COC(=O)CCCCCCCCCCC)COP(=O)(O)OC[C@H](O)COP(=O)(O)OC[C@@H](COC(=O)CCCCCCCCCCCCCCCCC(C)C)OC(=O)CCCCCCCCCCCCCCCCC(C)C. The van der Waals surface area contributed by atoms with Gasteiger partial charge < -0.3 is 33.8 Å². The number of hydrogen-bond donors (Lipinski definition) is 3. The van der Waals surface area contributed by atoms with Crippen molar-refractivity contribution in [2.75, 3.05) is 39.6 Å². The van der Waals surface area contributed by atoms with Gasteiger partial charge in [-0.05, 0) is 63.2 Å². The summed E-state index contributed by atoms with van der Waals surface area (Å²) in [5, 5.41) is 10.6. The summed E-state index contributed by atoms with van der Waals surface area (Å²) in [6.45, 7) is 9.58. The molecule has 0 fully saturated rings. The molecule has 2 unspecified atom stereocenters. The van der Waals surface area contributed by atoms with Crippen LogP contribution < -0.4 is 0 Å². The first-order chi connectivity index (χ1) is 47.4. The lowest BCUT2D eigenvalue weighted by molar-refractivity contribution is -0.161. The van der Waals surface area contributed by atoms with E-state index in [2.05, 4.69) is 65.8 Å². The molecule has 0 radical (unpaired) electrons. The number of esters is 4. The van der Waals surface area contributed by atoms with E-state index in [1.54, 1.807) is 0 Å². The summed E-state index contributed by atoms with van der Waals surface area (Å²) in [5.41, 5.74) is 0. The molecule has 0 aliphatic rings. The highest BCUT2D eigenvalue weighted by Crippen LogP contribution is 2.45. The van der Waals surface area contributed by atoms with E-state index in [1.165, 1.54) is 193 Å². The van der Waals surface area contributed by atoms with E-state index in [0.717, 1.165) is 115 Å². The lowest BCUT2D eigenvalue weighted by atomic mass is 10.0. The number of aliphatic hydroxyl groups excluding tert-OH is 1. The molecule has 0 aromatic heterocycles. The van der Waals surface area contributed by atoms with Crippen LogP contribution in [0.3, 0.4) is 0 Å². The number of allylic oxidation sites excluding steroid dienone is 4. The summed E-state index contributed by atoms with van der Waals surface area (Å²) in [6.07, 6.45) is 61.8. The van der Waals surface area contributed by atoms with Crippen molar-refractivity contribution in [3.8, 4) is 0 Å². The third-order valence-corrected chi connectivity index (χ3v) is 19.7. The van der Waals surface area contributed by atoms with E-state index in [-0.39, 0.29) is 25.7 Å². The summed E-state index contributed by atoms with van der Waals surface area (Å²) in [4.78, 5) is 72.9. The average molecular weight is 1430 g/mol. The Kier molecular flexibility index (Phi) is 68.5. The number of carbonyl (C=O) groups is 4. The smallest absolute Gasteiger partial charge is 0.462 e. The number of phosphoric acid groups is 2. The van der Waals surface area contributed by atoms with Gasteiger partial charge in [-0.25, -0.2) is 9.13 Å². The zero-order valence-electron chi connectivity index (χ0n) is 63.6. The molecule has 5 atom stereocenters. The average Bonchev–Trinajstić information content (AvgIpc) is 1.02. The molecule has 98 heavy (non-hydrogen) atoms. The van der Waals surface area contributed by atoms with Gasteiger partial charge >= 0.3 is 39.5 Å². The molecule has 0 aliphatic carbocycles. The molecule has 0 saturated heterocycles. The van der Waals surface area contributed by atoms with Crippen molar-refractivity contribution in [3.63, 3.8) is 0 Å². The Hall–Kier alpha value is -2.46. The lowest BCUT2D eigenvalue weighted by Crippen LogP contribution is -2.30. The molecule has 0 heterocycles. The first kappa shape index (κ1) is 95.5. The van der Waals surface area contributed by atoms with Crippen molar-refractivity contribution in [3.05, 3.63) is 24.3 Å². The van der Waals surface area contributed by atoms with E-state index in [4.69, 9.17) is 37.0 Å². The van der Waals surface area contributed by atoms with Gasteiger partial charge in [0.25, 0.3) is 0 Å². The Balaban J connectivity index is 5.26. The van der Waals surface area contributed by atoms with Crippen LogP contribution in [0.4, 0.5) is 0 Å². The summed E-state index contributed by atoms with van der Waals surface area (Å²) in [7, 11) is -9.93. The number of rotatable bonds is 76. The van der Waals surface area contributed by atoms with Crippen LogP contribution in [0.1, 0.15) is 388 Å². The van der Waals surface area contributed by atoms with Crippen LogP contribution in [0.25, 0.3) is 0 Å². The predicted octanol–water partition coefficient (Wildman–Crippen LogP) is 23.1. The van der Waals surface area contributed by atoms with Crippen molar-refractivity contribution >= 4 is 39.5 Å². The van der Waals surface area contributed by atoms with Gasteiger partial charge in [-0.15, -0.1) is 0 Å². The van der Waals surface area contributed by atoms with Gasteiger partial charge in [0.1, 0.15) is 19.3 Å². The van der Waals surface area contributed by atoms with Crippen molar-refractivity contribution in [2.45, 2.75) is 407 Å². The Morgan fingerprint density at radius 3 is 0.837 bits per heavy atom.